The van der Waals surface area contributed by atoms with Crippen molar-refractivity contribution in [3.8, 4) is 11.8 Å². The van der Waals surface area contributed by atoms with E-state index in [9.17, 15) is 4.79 Å². The fourth-order valence-electron chi connectivity index (χ4n) is 2.10. The van der Waals surface area contributed by atoms with E-state index in [0.717, 1.165) is 12.8 Å². The summed E-state index contributed by atoms with van der Waals surface area (Å²) in [5.41, 5.74) is 1.06. The molecule has 0 fully saturated rings. The number of carbonyl (C=O) groups is 1. The number of aliphatic hydroxyl groups excluding tert-OH is 1. The number of pyridine rings is 1. The third kappa shape index (κ3) is 5.97. The summed E-state index contributed by atoms with van der Waals surface area (Å²) in [6, 6.07) is 1.66. The summed E-state index contributed by atoms with van der Waals surface area (Å²) in [7, 11) is 0. The van der Waals surface area contributed by atoms with E-state index in [1.807, 2.05) is 0 Å². The summed E-state index contributed by atoms with van der Waals surface area (Å²) in [6.45, 7) is 4.78. The van der Waals surface area contributed by atoms with Crippen LogP contribution in [0.1, 0.15) is 55.5 Å². The van der Waals surface area contributed by atoms with Gasteiger partial charge in [0.05, 0.1) is 11.1 Å². The molecule has 4 heteroatoms. The molecule has 2 N–H and O–H groups in total. The van der Waals surface area contributed by atoms with E-state index < -0.39 is 0 Å². The molecule has 1 rings (SSSR count). The molecule has 1 amide bonds. The number of hydrogen-bond donors (Lipinski definition) is 2. The molecule has 1 aromatic rings. The lowest BCUT2D eigenvalue weighted by atomic mass is 9.99. The van der Waals surface area contributed by atoms with Crippen molar-refractivity contribution in [1.82, 2.24) is 10.3 Å². The number of amides is 1. The van der Waals surface area contributed by atoms with Crippen molar-refractivity contribution in [3.63, 3.8) is 0 Å². The topological polar surface area (TPSA) is 62.2 Å². The average Bonchev–Trinajstić information content (AvgIpc) is 2.53. The van der Waals surface area contributed by atoms with Gasteiger partial charge in [0, 0.05) is 18.9 Å². The van der Waals surface area contributed by atoms with Gasteiger partial charge in [-0.2, -0.15) is 0 Å². The first-order chi connectivity index (χ1) is 10.2. The van der Waals surface area contributed by atoms with Gasteiger partial charge in [0.25, 0.3) is 5.91 Å². The quantitative estimate of drug-likeness (QED) is 0.757. The maximum absolute atomic E-state index is 12.3. The molecule has 1 aromatic heterocycles. The molecule has 1 heterocycles. The van der Waals surface area contributed by atoms with Gasteiger partial charge in [-0.15, -0.1) is 0 Å². The second-order valence-electron chi connectivity index (χ2n) is 5.01. The molecule has 0 aliphatic rings. The van der Waals surface area contributed by atoms with Crippen molar-refractivity contribution in [2.24, 2.45) is 5.92 Å². The molecular weight excluding hydrogens is 264 g/mol. The fourth-order valence-corrected chi connectivity index (χ4v) is 2.10. The molecule has 1 unspecified atom stereocenters. The molecule has 114 valence electrons. The van der Waals surface area contributed by atoms with Crippen LogP contribution in [0, 0.1) is 17.8 Å². The first-order valence-electron chi connectivity index (χ1n) is 7.54. The summed E-state index contributed by atoms with van der Waals surface area (Å²) in [6.07, 6.45) is 7.69. The molecule has 21 heavy (non-hydrogen) atoms. The standard InChI is InChI=1S/C17H24N2O2/c1-3-5-7-14(4-2)12-19-17(21)16-9-10-18-13-15(16)8-6-11-20/h9-10,13-14,20H,3-5,7,11-12H2,1-2H3,(H,19,21). The molecule has 0 spiro atoms. The van der Waals surface area contributed by atoms with Gasteiger partial charge in [-0.3, -0.25) is 9.78 Å². The van der Waals surface area contributed by atoms with Crippen LogP contribution in [0.4, 0.5) is 0 Å². The Balaban J connectivity index is 2.67. The van der Waals surface area contributed by atoms with Crippen LogP contribution in [0.25, 0.3) is 0 Å². The van der Waals surface area contributed by atoms with E-state index in [1.54, 1.807) is 18.5 Å². The van der Waals surface area contributed by atoms with Gasteiger partial charge in [-0.25, -0.2) is 0 Å². The minimum Gasteiger partial charge on any atom is -0.384 e. The minimum absolute atomic E-state index is 0.130. The first-order valence-corrected chi connectivity index (χ1v) is 7.54. The highest BCUT2D eigenvalue weighted by Crippen LogP contribution is 2.12. The largest absolute Gasteiger partial charge is 0.384 e. The van der Waals surface area contributed by atoms with Gasteiger partial charge in [-0.1, -0.05) is 45.0 Å². The summed E-state index contributed by atoms with van der Waals surface area (Å²) in [4.78, 5) is 16.2. The van der Waals surface area contributed by atoms with E-state index in [4.69, 9.17) is 5.11 Å². The van der Waals surface area contributed by atoms with Crippen molar-refractivity contribution in [3.05, 3.63) is 29.6 Å². The Morgan fingerprint density at radius 1 is 1.48 bits per heavy atom. The second kappa shape index (κ2) is 9.95. The van der Waals surface area contributed by atoms with Crippen LogP contribution in [0.5, 0.6) is 0 Å². The van der Waals surface area contributed by atoms with Crippen LogP contribution in [-0.4, -0.2) is 29.1 Å². The molecule has 4 nitrogen and oxygen atoms in total. The van der Waals surface area contributed by atoms with Gasteiger partial charge < -0.3 is 10.4 Å². The Bertz CT molecular complexity index is 503. The Morgan fingerprint density at radius 2 is 2.29 bits per heavy atom. The van der Waals surface area contributed by atoms with Crippen molar-refractivity contribution >= 4 is 5.91 Å². The van der Waals surface area contributed by atoms with Gasteiger partial charge in [-0.05, 0) is 18.4 Å². The van der Waals surface area contributed by atoms with Crippen LogP contribution in [0.15, 0.2) is 18.5 Å². The van der Waals surface area contributed by atoms with E-state index >= 15 is 0 Å². The maximum atomic E-state index is 12.3. The number of nitrogens with zero attached hydrogens (tertiary/aromatic N) is 1. The van der Waals surface area contributed by atoms with E-state index in [2.05, 4.69) is 36.0 Å². The Hall–Kier alpha value is -1.86. The Morgan fingerprint density at radius 3 is 2.95 bits per heavy atom. The molecule has 0 aliphatic heterocycles. The molecule has 0 radical (unpaired) electrons. The number of rotatable bonds is 7. The average molecular weight is 288 g/mol. The maximum Gasteiger partial charge on any atom is 0.252 e. The van der Waals surface area contributed by atoms with Gasteiger partial charge in [0.15, 0.2) is 0 Å². The van der Waals surface area contributed by atoms with Crippen LogP contribution >= 0.6 is 0 Å². The molecule has 0 saturated carbocycles. The van der Waals surface area contributed by atoms with Gasteiger partial charge in [0.1, 0.15) is 6.61 Å². The van der Waals surface area contributed by atoms with Crippen molar-refractivity contribution in [1.29, 1.82) is 0 Å². The predicted molar refractivity (Wildman–Crippen MR) is 83.8 cm³/mol. The summed E-state index contributed by atoms with van der Waals surface area (Å²) >= 11 is 0. The SMILES string of the molecule is CCCCC(CC)CNC(=O)c1ccncc1C#CCO. The van der Waals surface area contributed by atoms with E-state index in [-0.39, 0.29) is 12.5 Å². The zero-order valence-corrected chi connectivity index (χ0v) is 12.9. The summed E-state index contributed by atoms with van der Waals surface area (Å²) in [5, 5.41) is 11.7. The molecule has 0 bridgehead atoms. The Kier molecular flexibility index (Phi) is 8.15. The summed E-state index contributed by atoms with van der Waals surface area (Å²) < 4.78 is 0. The molecule has 1 atom stereocenters. The second-order valence-corrected chi connectivity index (χ2v) is 5.01. The van der Waals surface area contributed by atoms with Crippen molar-refractivity contribution in [2.75, 3.05) is 13.2 Å². The zero-order valence-electron chi connectivity index (χ0n) is 12.9. The molecule has 0 aromatic carbocycles. The lowest BCUT2D eigenvalue weighted by molar-refractivity contribution is 0.0945. The highest BCUT2D eigenvalue weighted by atomic mass is 16.2. The lowest BCUT2D eigenvalue weighted by Gasteiger charge is -2.15. The van der Waals surface area contributed by atoms with E-state index in [0.29, 0.717) is 23.6 Å². The van der Waals surface area contributed by atoms with E-state index in [1.165, 1.54) is 12.8 Å². The smallest absolute Gasteiger partial charge is 0.252 e. The van der Waals surface area contributed by atoms with Crippen LogP contribution < -0.4 is 5.32 Å². The highest BCUT2D eigenvalue weighted by Gasteiger charge is 2.12. The predicted octanol–water partition coefficient (Wildman–Crippen LogP) is 2.37. The van der Waals surface area contributed by atoms with Gasteiger partial charge >= 0.3 is 0 Å². The van der Waals surface area contributed by atoms with Gasteiger partial charge in [0.2, 0.25) is 0 Å². The fraction of sp³-hybridized carbons (Fsp3) is 0.529. The molecular formula is C17H24N2O2. The number of aromatic nitrogens is 1. The van der Waals surface area contributed by atoms with Crippen LogP contribution in [0.3, 0.4) is 0 Å². The summed E-state index contributed by atoms with van der Waals surface area (Å²) in [5.74, 6) is 5.69. The lowest BCUT2D eigenvalue weighted by Crippen LogP contribution is -2.29. The highest BCUT2D eigenvalue weighted by molar-refractivity contribution is 5.96. The number of aliphatic hydroxyl groups is 1. The number of nitrogens with one attached hydrogen (secondary N) is 1. The number of hydrogen-bond acceptors (Lipinski definition) is 3. The zero-order chi connectivity index (χ0) is 15.5. The minimum atomic E-state index is -0.231. The Labute approximate surface area is 127 Å². The molecule has 0 saturated heterocycles. The molecule has 0 aliphatic carbocycles. The third-order valence-electron chi connectivity index (χ3n) is 3.46. The monoisotopic (exact) mass is 288 g/mol. The van der Waals surface area contributed by atoms with Crippen LogP contribution in [-0.2, 0) is 0 Å². The van der Waals surface area contributed by atoms with Crippen LogP contribution in [0.2, 0.25) is 0 Å². The normalized spacial score (nSPS) is 11.4. The first kappa shape index (κ1) is 17.2. The van der Waals surface area contributed by atoms with Crippen molar-refractivity contribution in [2.45, 2.75) is 39.5 Å². The number of carbonyl (C=O) groups excluding carboxylic acids is 1. The third-order valence-corrected chi connectivity index (χ3v) is 3.46. The van der Waals surface area contributed by atoms with Crippen molar-refractivity contribution < 1.29 is 9.90 Å². The number of unbranched alkanes of at least 4 members (excludes halogenated alkanes) is 1.